The molecule has 8 heteroatoms. The van der Waals surface area contributed by atoms with E-state index in [-0.39, 0.29) is 18.1 Å². The Labute approximate surface area is 183 Å². The van der Waals surface area contributed by atoms with Crippen LogP contribution in [-0.4, -0.2) is 30.7 Å². The number of carbonyl (C=O) groups excluding carboxylic acids is 2. The lowest BCUT2D eigenvalue weighted by Gasteiger charge is -2.23. The van der Waals surface area contributed by atoms with Crippen molar-refractivity contribution in [1.82, 2.24) is 0 Å². The lowest BCUT2D eigenvalue weighted by molar-refractivity contribution is -0.132. The van der Waals surface area contributed by atoms with Crippen molar-refractivity contribution in [3.63, 3.8) is 0 Å². The maximum absolute atomic E-state index is 13.2. The van der Waals surface area contributed by atoms with Gasteiger partial charge in [0.25, 0.3) is 11.7 Å². The van der Waals surface area contributed by atoms with Crippen molar-refractivity contribution < 1.29 is 33.3 Å². The van der Waals surface area contributed by atoms with Crippen LogP contribution in [0, 0.1) is 6.92 Å². The summed E-state index contributed by atoms with van der Waals surface area (Å²) in [6.45, 7) is 1.84. The van der Waals surface area contributed by atoms with Crippen molar-refractivity contribution in [1.29, 1.82) is 0 Å². The Morgan fingerprint density at radius 1 is 1.06 bits per heavy atom. The van der Waals surface area contributed by atoms with Gasteiger partial charge in [-0.05, 0) is 43.3 Å². The number of nitrogens with zero attached hydrogens (tertiary/aromatic N) is 1. The van der Waals surface area contributed by atoms with E-state index in [4.69, 9.17) is 18.6 Å². The van der Waals surface area contributed by atoms with Crippen molar-refractivity contribution in [3.05, 3.63) is 77.3 Å². The number of ether oxygens (including phenoxy) is 3. The van der Waals surface area contributed by atoms with Gasteiger partial charge in [-0.2, -0.15) is 0 Å². The Kier molecular flexibility index (Phi) is 4.62. The molecule has 8 nitrogen and oxygen atoms in total. The first-order valence-electron chi connectivity index (χ1n) is 9.89. The van der Waals surface area contributed by atoms with Gasteiger partial charge in [0.2, 0.25) is 6.79 Å². The molecule has 0 aliphatic carbocycles. The van der Waals surface area contributed by atoms with Gasteiger partial charge in [0.1, 0.15) is 29.1 Å². The van der Waals surface area contributed by atoms with Gasteiger partial charge in [-0.1, -0.05) is 12.1 Å². The quantitative estimate of drug-likeness (QED) is 0.378. The van der Waals surface area contributed by atoms with E-state index in [1.165, 1.54) is 12.0 Å². The molecule has 2 aliphatic heterocycles. The van der Waals surface area contributed by atoms with E-state index >= 15 is 0 Å². The number of hydrogen-bond donors (Lipinski definition) is 1. The number of amides is 1. The van der Waals surface area contributed by atoms with Crippen LogP contribution in [0.1, 0.15) is 23.1 Å². The first kappa shape index (κ1) is 19.7. The second kappa shape index (κ2) is 7.49. The highest BCUT2D eigenvalue weighted by Gasteiger charge is 2.48. The zero-order valence-electron chi connectivity index (χ0n) is 17.3. The number of ketones is 1. The van der Waals surface area contributed by atoms with Crippen LogP contribution in [0.25, 0.3) is 5.76 Å². The van der Waals surface area contributed by atoms with Gasteiger partial charge < -0.3 is 23.7 Å². The number of fused-ring (bicyclic) bond motifs is 1. The number of furan rings is 1. The highest BCUT2D eigenvalue weighted by molar-refractivity contribution is 6.51. The van der Waals surface area contributed by atoms with Crippen LogP contribution in [0.15, 0.2) is 64.6 Å². The van der Waals surface area contributed by atoms with Crippen molar-refractivity contribution >= 4 is 23.1 Å². The molecule has 5 rings (SSSR count). The zero-order valence-corrected chi connectivity index (χ0v) is 17.3. The minimum atomic E-state index is -0.963. The molecule has 3 heterocycles. The number of aliphatic hydroxyl groups excluding tert-OH is 1. The summed E-state index contributed by atoms with van der Waals surface area (Å²) in [7, 11) is 1.50. The molecular formula is C24H19NO7. The molecule has 2 aliphatic rings. The van der Waals surface area contributed by atoms with Crippen LogP contribution in [0.5, 0.6) is 17.2 Å². The van der Waals surface area contributed by atoms with E-state index in [0.29, 0.717) is 40.0 Å². The van der Waals surface area contributed by atoms with Crippen molar-refractivity contribution in [2.75, 3.05) is 18.8 Å². The van der Waals surface area contributed by atoms with Gasteiger partial charge in [-0.25, -0.2) is 0 Å². The van der Waals surface area contributed by atoms with E-state index in [0.717, 1.165) is 0 Å². The van der Waals surface area contributed by atoms with Crippen LogP contribution in [0.4, 0.5) is 5.69 Å². The molecule has 0 bridgehead atoms. The predicted octanol–water partition coefficient (Wildman–Crippen LogP) is 3.95. The highest BCUT2D eigenvalue weighted by atomic mass is 16.7. The Hall–Kier alpha value is -4.20. The summed E-state index contributed by atoms with van der Waals surface area (Å²) in [5.74, 6) is 0.559. The monoisotopic (exact) mass is 433 g/mol. The number of Topliss-reactive ketones (excluding diaryl/α,β-unsaturated/α-hetero) is 1. The van der Waals surface area contributed by atoms with Gasteiger partial charge in [-0.3, -0.25) is 14.5 Å². The van der Waals surface area contributed by atoms with Crippen LogP contribution in [0.3, 0.4) is 0 Å². The molecule has 1 amide bonds. The average molecular weight is 433 g/mol. The number of aliphatic hydroxyl groups is 1. The fourth-order valence-corrected chi connectivity index (χ4v) is 3.93. The molecule has 0 radical (unpaired) electrons. The lowest BCUT2D eigenvalue weighted by atomic mass is 9.99. The molecule has 162 valence electrons. The third-order valence-electron chi connectivity index (χ3n) is 5.45. The van der Waals surface area contributed by atoms with E-state index < -0.39 is 17.7 Å². The van der Waals surface area contributed by atoms with E-state index in [1.807, 2.05) is 0 Å². The Morgan fingerprint density at radius 2 is 1.88 bits per heavy atom. The second-order valence-electron chi connectivity index (χ2n) is 7.39. The molecule has 32 heavy (non-hydrogen) atoms. The van der Waals surface area contributed by atoms with Crippen molar-refractivity contribution in [3.8, 4) is 17.2 Å². The summed E-state index contributed by atoms with van der Waals surface area (Å²) in [5, 5.41) is 11.1. The summed E-state index contributed by atoms with van der Waals surface area (Å²) in [6.07, 6.45) is 0. The van der Waals surface area contributed by atoms with Crippen LogP contribution in [-0.2, 0) is 9.59 Å². The number of aryl methyl sites for hydroxylation is 1. The predicted molar refractivity (Wildman–Crippen MR) is 114 cm³/mol. The number of rotatable bonds is 4. The zero-order chi connectivity index (χ0) is 22.4. The minimum Gasteiger partial charge on any atom is -0.507 e. The van der Waals surface area contributed by atoms with E-state index in [9.17, 15) is 14.7 Å². The second-order valence-corrected chi connectivity index (χ2v) is 7.39. The summed E-state index contributed by atoms with van der Waals surface area (Å²) in [5.41, 5.74) is 0.691. The molecule has 0 saturated carbocycles. The molecule has 3 aromatic rings. The Bertz CT molecular complexity index is 1270. The summed E-state index contributed by atoms with van der Waals surface area (Å²) >= 11 is 0. The lowest BCUT2D eigenvalue weighted by Crippen LogP contribution is -2.29. The van der Waals surface area contributed by atoms with E-state index in [1.54, 1.807) is 61.5 Å². The first-order chi connectivity index (χ1) is 15.5. The van der Waals surface area contributed by atoms with Crippen LogP contribution in [0.2, 0.25) is 0 Å². The Balaban J connectivity index is 1.69. The topological polar surface area (TPSA) is 98.4 Å². The molecule has 1 saturated heterocycles. The SMILES string of the molecule is COc1cccc(/C(O)=C2/C(=O)C(=O)N(c3ccc4c(c3)OCO4)C2c2ccc(C)o2)c1. The van der Waals surface area contributed by atoms with Gasteiger partial charge >= 0.3 is 0 Å². The van der Waals surface area contributed by atoms with Gasteiger partial charge in [0.15, 0.2) is 11.5 Å². The molecule has 0 spiro atoms. The van der Waals surface area contributed by atoms with Crippen LogP contribution < -0.4 is 19.1 Å². The van der Waals surface area contributed by atoms with Gasteiger partial charge in [-0.15, -0.1) is 0 Å². The third kappa shape index (κ3) is 3.08. The van der Waals surface area contributed by atoms with Crippen LogP contribution >= 0.6 is 0 Å². The Morgan fingerprint density at radius 3 is 2.62 bits per heavy atom. The highest BCUT2D eigenvalue weighted by Crippen LogP contribution is 2.45. The fourth-order valence-electron chi connectivity index (χ4n) is 3.93. The summed E-state index contributed by atoms with van der Waals surface area (Å²) in [6, 6.07) is 14.0. The van der Waals surface area contributed by atoms with E-state index in [2.05, 4.69) is 0 Å². The molecule has 1 unspecified atom stereocenters. The van der Waals surface area contributed by atoms with Crippen molar-refractivity contribution in [2.45, 2.75) is 13.0 Å². The molecule has 1 N–H and O–H groups in total. The molecule has 1 fully saturated rings. The molecular weight excluding hydrogens is 414 g/mol. The number of hydrogen-bond acceptors (Lipinski definition) is 7. The summed E-state index contributed by atoms with van der Waals surface area (Å²) in [4.78, 5) is 27.6. The van der Waals surface area contributed by atoms with Gasteiger partial charge in [0, 0.05) is 17.3 Å². The average Bonchev–Trinajstić information content (AvgIpc) is 3.51. The normalized spacial score (nSPS) is 18.9. The maximum Gasteiger partial charge on any atom is 0.300 e. The molecule has 1 atom stereocenters. The summed E-state index contributed by atoms with van der Waals surface area (Å²) < 4.78 is 21.8. The third-order valence-corrected chi connectivity index (χ3v) is 5.45. The maximum atomic E-state index is 13.2. The van der Waals surface area contributed by atoms with Gasteiger partial charge in [0.05, 0.1) is 12.7 Å². The molecule has 1 aromatic heterocycles. The number of carbonyl (C=O) groups is 2. The number of benzene rings is 2. The standard InChI is InChI=1S/C24H19NO7/c1-13-6-8-18(32-13)21-20(22(26)14-4-3-5-16(10-14)29-2)23(27)24(28)25(21)15-7-9-17-19(11-15)31-12-30-17/h3-11,21,26H,12H2,1-2H3/b22-20-. The van der Waals surface area contributed by atoms with Crippen molar-refractivity contribution in [2.24, 2.45) is 0 Å². The minimum absolute atomic E-state index is 0.0738. The largest absolute Gasteiger partial charge is 0.507 e. The first-order valence-corrected chi connectivity index (χ1v) is 9.89. The molecule has 2 aromatic carbocycles. The number of methoxy groups -OCH3 is 1. The smallest absolute Gasteiger partial charge is 0.300 e. The number of anilines is 1. The fraction of sp³-hybridized carbons (Fsp3) is 0.167.